The largest absolute Gasteiger partial charge is 0.268 e. The third kappa shape index (κ3) is 6.26. The maximum absolute atomic E-state index is 7.39. The van der Waals surface area contributed by atoms with Gasteiger partial charge in [-0.1, -0.05) is 18.2 Å². The zero-order valence-electron chi connectivity index (χ0n) is 24.4. The van der Waals surface area contributed by atoms with E-state index in [9.17, 15) is 0 Å². The van der Waals surface area contributed by atoms with Crippen molar-refractivity contribution < 1.29 is 0 Å². The number of fused-ring (bicyclic) bond motifs is 3. The Kier molecular flexibility index (Phi) is 9.68. The van der Waals surface area contributed by atoms with Crippen molar-refractivity contribution in [1.29, 1.82) is 0 Å². The first-order valence-electron chi connectivity index (χ1n) is 13.4. The summed E-state index contributed by atoms with van der Waals surface area (Å²) in [5, 5.41) is 11.1. The van der Waals surface area contributed by atoms with E-state index in [0.717, 1.165) is 64.8 Å². The van der Waals surface area contributed by atoms with Crippen LogP contribution in [0, 0.1) is 22.6 Å². The first-order chi connectivity index (χ1) is 22.9. The Morgan fingerprint density at radius 2 is 1.17 bits per heavy atom. The normalized spacial score (nSPS) is 10.5. The highest BCUT2D eigenvalue weighted by Crippen LogP contribution is 2.46. The maximum Gasteiger partial charge on any atom is 0.220 e. The molecule has 10 nitrogen and oxygen atoms in total. The van der Waals surface area contributed by atoms with Gasteiger partial charge in [0, 0.05) is 55.0 Å². The van der Waals surface area contributed by atoms with Crippen LogP contribution in [0.15, 0.2) is 77.9 Å². The van der Waals surface area contributed by atoms with Gasteiger partial charge in [0.25, 0.3) is 0 Å². The number of pyridine rings is 3. The Hall–Kier alpha value is -4.57. The molecule has 47 heavy (non-hydrogen) atoms. The van der Waals surface area contributed by atoms with Crippen molar-refractivity contribution in [2.75, 3.05) is 0 Å². The third-order valence-corrected chi connectivity index (χ3v) is 11.7. The van der Waals surface area contributed by atoms with Crippen LogP contribution in [-0.2, 0) is 14.1 Å². The summed E-state index contributed by atoms with van der Waals surface area (Å²) in [5.74, 6) is 0. The molecule has 0 radical (unpaired) electrons. The van der Waals surface area contributed by atoms with Crippen molar-refractivity contribution in [2.45, 2.75) is 0 Å². The van der Waals surface area contributed by atoms with Crippen molar-refractivity contribution in [3.63, 3.8) is 0 Å². The third-order valence-electron chi connectivity index (χ3n) is 6.78. The highest BCUT2D eigenvalue weighted by atomic mass is 127. The lowest BCUT2D eigenvalue weighted by Gasteiger charge is -2.00. The van der Waals surface area contributed by atoms with Crippen LogP contribution in [0.5, 0.6) is 0 Å². The molecule has 0 atom stereocenters. The van der Waals surface area contributed by atoms with Crippen LogP contribution in [0.25, 0.3) is 66.3 Å². The summed E-state index contributed by atoms with van der Waals surface area (Å²) < 4.78 is 5.46. The predicted octanol–water partition coefficient (Wildman–Crippen LogP) is 10.7. The standard InChI is InChI=1S/C12H7BrN4S.C12H8N4S.C8H3IN2S/c1-14-9-7-4-3-5-15-12(7)18-11(9)10-8(13)6-16-17(10)2;1-13-10-8-4-3-6-14-12(8)17-11(10)9-5-7-15-16(9)2;1-10-6-5-3-2-4-11-8(5)12-7(6)9/h3-6H,2H3;3-7H,2H3;2-4H. The monoisotopic (exact) mass is 844 g/mol. The number of hydrogen-bond donors (Lipinski definition) is 0. The fourth-order valence-corrected chi connectivity index (χ4v) is 9.49. The Labute approximate surface area is 302 Å². The van der Waals surface area contributed by atoms with Gasteiger partial charge in [-0.25, -0.2) is 29.5 Å². The molecule has 0 bridgehead atoms. The number of rotatable bonds is 2. The van der Waals surface area contributed by atoms with E-state index in [1.807, 2.05) is 56.6 Å². The molecule has 15 heteroatoms. The zero-order valence-corrected chi connectivity index (χ0v) is 30.6. The Morgan fingerprint density at radius 3 is 1.66 bits per heavy atom. The first kappa shape index (κ1) is 32.4. The van der Waals surface area contributed by atoms with Crippen LogP contribution in [-0.4, -0.2) is 34.5 Å². The molecule has 0 spiro atoms. The lowest BCUT2D eigenvalue weighted by molar-refractivity contribution is 0.777. The van der Waals surface area contributed by atoms with Gasteiger partial charge in [0.15, 0.2) is 0 Å². The highest BCUT2D eigenvalue weighted by Gasteiger charge is 2.20. The summed E-state index contributed by atoms with van der Waals surface area (Å²) >= 11 is 10.3. The maximum atomic E-state index is 7.39. The molecule has 0 fully saturated rings. The number of aromatic nitrogens is 7. The molecule has 0 unspecified atom stereocenters. The average molecular weight is 846 g/mol. The van der Waals surface area contributed by atoms with Gasteiger partial charge in [-0.2, -0.15) is 10.2 Å². The Balaban J connectivity index is 0.000000126. The summed E-state index contributed by atoms with van der Waals surface area (Å²) in [7, 11) is 3.74. The SMILES string of the molecule is [C-]#[N+]c1c(-c2c(Br)cnn2C)sc2ncccc12.[C-]#[N+]c1c(-c2ccnn2C)sc2ncccc12.[C-]#[N+]c1c(I)sc2ncccc12. The molecule has 8 heterocycles. The van der Waals surface area contributed by atoms with Gasteiger partial charge >= 0.3 is 0 Å². The molecule has 0 saturated carbocycles. The topological polar surface area (TPSA) is 87.4 Å². The van der Waals surface area contributed by atoms with Crippen molar-refractivity contribution in [1.82, 2.24) is 34.5 Å². The van der Waals surface area contributed by atoms with Crippen molar-refractivity contribution in [3.05, 3.63) is 115 Å². The minimum absolute atomic E-state index is 0.646. The van der Waals surface area contributed by atoms with E-state index in [2.05, 4.69) is 78.2 Å². The average Bonchev–Trinajstić information content (AvgIpc) is 3.90. The van der Waals surface area contributed by atoms with Gasteiger partial charge in [-0.05, 0) is 62.8 Å². The molecule has 0 aliphatic heterocycles. The second-order valence-corrected chi connectivity index (χ2v) is 15.2. The van der Waals surface area contributed by atoms with Crippen molar-refractivity contribution in [3.8, 4) is 21.1 Å². The van der Waals surface area contributed by atoms with E-state index in [0.29, 0.717) is 11.4 Å². The molecule has 0 N–H and O–H groups in total. The molecule has 0 aromatic carbocycles. The van der Waals surface area contributed by atoms with Crippen LogP contribution in [0.4, 0.5) is 17.1 Å². The van der Waals surface area contributed by atoms with Crippen LogP contribution in [0.2, 0.25) is 0 Å². The van der Waals surface area contributed by atoms with E-state index >= 15 is 0 Å². The number of nitrogens with zero attached hydrogens (tertiary/aromatic N) is 10. The van der Waals surface area contributed by atoms with Gasteiger partial charge in [-0.3, -0.25) is 9.36 Å². The first-order valence-corrected chi connectivity index (χ1v) is 17.7. The van der Waals surface area contributed by atoms with Crippen molar-refractivity contribution in [2.24, 2.45) is 14.1 Å². The molecule has 0 amide bonds. The second-order valence-electron chi connectivity index (χ2n) is 9.49. The van der Waals surface area contributed by atoms with E-state index in [1.165, 1.54) is 22.7 Å². The molecule has 0 aliphatic carbocycles. The fourth-order valence-electron chi connectivity index (χ4n) is 4.65. The Bertz CT molecular complexity index is 2520. The molecular weight excluding hydrogens is 827 g/mol. The van der Waals surface area contributed by atoms with Crippen LogP contribution < -0.4 is 0 Å². The zero-order chi connectivity index (χ0) is 33.1. The molecule has 0 saturated heterocycles. The summed E-state index contributed by atoms with van der Waals surface area (Å²) in [6.07, 6.45) is 8.72. The minimum Gasteiger partial charge on any atom is -0.268 e. The van der Waals surface area contributed by atoms with E-state index < -0.39 is 0 Å². The van der Waals surface area contributed by atoms with Crippen LogP contribution in [0.1, 0.15) is 0 Å². The summed E-state index contributed by atoms with van der Waals surface area (Å²) in [4.78, 5) is 28.1. The second kappa shape index (κ2) is 14.0. The van der Waals surface area contributed by atoms with Gasteiger partial charge < -0.3 is 0 Å². The summed E-state index contributed by atoms with van der Waals surface area (Å²) in [6.45, 7) is 21.7. The summed E-state index contributed by atoms with van der Waals surface area (Å²) in [5.41, 5.74) is 3.93. The smallest absolute Gasteiger partial charge is 0.220 e. The van der Waals surface area contributed by atoms with E-state index in [4.69, 9.17) is 19.7 Å². The van der Waals surface area contributed by atoms with Gasteiger partial charge in [-0.15, -0.1) is 34.0 Å². The molecular formula is C32H18BrIN10S3. The number of aryl methyl sites for hydroxylation is 2. The van der Waals surface area contributed by atoms with Gasteiger partial charge in [0.2, 0.25) is 17.1 Å². The molecule has 0 aliphatic rings. The highest BCUT2D eigenvalue weighted by molar-refractivity contribution is 14.1. The Morgan fingerprint density at radius 1 is 0.660 bits per heavy atom. The quantitative estimate of drug-likeness (QED) is 0.128. The van der Waals surface area contributed by atoms with E-state index in [-0.39, 0.29) is 0 Å². The van der Waals surface area contributed by atoms with E-state index in [1.54, 1.807) is 51.7 Å². The fraction of sp³-hybridized carbons (Fsp3) is 0.0625. The van der Waals surface area contributed by atoms with Crippen molar-refractivity contribution >= 4 is 120 Å². The molecule has 8 rings (SSSR count). The molecule has 228 valence electrons. The summed E-state index contributed by atoms with van der Waals surface area (Å²) in [6, 6.07) is 13.3. The van der Waals surface area contributed by atoms with Crippen LogP contribution in [0.3, 0.4) is 0 Å². The van der Waals surface area contributed by atoms with Crippen LogP contribution >= 0.6 is 72.5 Å². The number of hydrogen-bond acceptors (Lipinski definition) is 8. The minimum atomic E-state index is 0.646. The number of halogens is 2. The number of thiophene rings is 3. The van der Waals surface area contributed by atoms with Gasteiger partial charge in [0.05, 0.1) is 54.4 Å². The molecule has 8 aromatic rings. The molecule has 8 aromatic heterocycles. The lowest BCUT2D eigenvalue weighted by Crippen LogP contribution is -1.91. The predicted molar refractivity (Wildman–Crippen MR) is 202 cm³/mol. The van der Waals surface area contributed by atoms with Gasteiger partial charge in [0.1, 0.15) is 14.5 Å². The lowest BCUT2D eigenvalue weighted by atomic mass is 10.2.